The molecule has 0 bridgehead atoms. The maximum atomic E-state index is 10.8. The number of carbonyl (C=O) groups is 1. The van der Waals surface area contributed by atoms with Gasteiger partial charge in [-0.15, -0.1) is 0 Å². The van der Waals surface area contributed by atoms with E-state index in [-0.39, 0.29) is 5.69 Å². The fraction of sp³-hybridized carbons (Fsp3) is 0.167. The molecule has 0 amide bonds. The molecule has 0 aliphatic carbocycles. The monoisotopic (exact) mass is 260 g/mol. The van der Waals surface area contributed by atoms with E-state index >= 15 is 0 Å². The third-order valence-electron chi connectivity index (χ3n) is 2.78. The number of nitro groups is 1. The van der Waals surface area contributed by atoms with Gasteiger partial charge in [0, 0.05) is 23.0 Å². The highest BCUT2D eigenvalue weighted by atomic mass is 16.6. The highest BCUT2D eigenvalue weighted by molar-refractivity contribution is 5.77. The van der Waals surface area contributed by atoms with Crippen LogP contribution in [-0.4, -0.2) is 20.9 Å². The minimum absolute atomic E-state index is 0.0694. The van der Waals surface area contributed by atoms with Crippen LogP contribution in [0.2, 0.25) is 0 Å². The first-order chi connectivity index (χ1) is 9.02. The molecule has 0 saturated heterocycles. The van der Waals surface area contributed by atoms with E-state index in [4.69, 9.17) is 0 Å². The molecule has 2 aromatic rings. The number of nitrogens with one attached hydrogen (secondary N) is 1. The second-order valence-corrected chi connectivity index (χ2v) is 4.05. The van der Waals surface area contributed by atoms with Gasteiger partial charge in [-0.25, -0.2) is 4.98 Å². The van der Waals surface area contributed by atoms with Crippen LogP contribution in [0.4, 0.5) is 11.5 Å². The lowest BCUT2D eigenvalue weighted by Gasteiger charge is -2.11. The van der Waals surface area contributed by atoms with Crippen molar-refractivity contribution < 1.29 is 9.72 Å². The van der Waals surface area contributed by atoms with Crippen LogP contribution in [0.15, 0.2) is 24.4 Å². The minimum Gasteiger partial charge on any atom is -0.298 e. The summed E-state index contributed by atoms with van der Waals surface area (Å²) < 4.78 is 1.71. The molecule has 2 aromatic heterocycles. The molecular weight excluding hydrogens is 248 g/mol. The largest absolute Gasteiger partial charge is 0.298 e. The molecule has 0 aliphatic heterocycles. The quantitative estimate of drug-likeness (QED) is 0.516. The summed E-state index contributed by atoms with van der Waals surface area (Å²) in [6, 6.07) is 4.63. The van der Waals surface area contributed by atoms with E-state index in [1.807, 2.05) is 6.92 Å². The van der Waals surface area contributed by atoms with Gasteiger partial charge < -0.3 is 0 Å². The normalized spacial score (nSPS) is 10.2. The highest BCUT2D eigenvalue weighted by Gasteiger charge is 2.10. The number of rotatable bonds is 4. The van der Waals surface area contributed by atoms with Crippen molar-refractivity contribution in [1.82, 2.24) is 9.66 Å². The van der Waals surface area contributed by atoms with Gasteiger partial charge in [-0.05, 0) is 26.0 Å². The van der Waals surface area contributed by atoms with E-state index in [9.17, 15) is 14.9 Å². The third-order valence-corrected chi connectivity index (χ3v) is 2.78. The van der Waals surface area contributed by atoms with E-state index in [0.717, 1.165) is 17.7 Å². The number of anilines is 1. The lowest BCUT2D eigenvalue weighted by Crippen LogP contribution is -2.13. The molecule has 2 rings (SSSR count). The molecule has 0 unspecified atom stereocenters. The van der Waals surface area contributed by atoms with Crippen LogP contribution in [0.1, 0.15) is 21.7 Å². The lowest BCUT2D eigenvalue weighted by atomic mass is 10.3. The van der Waals surface area contributed by atoms with Crippen LogP contribution in [-0.2, 0) is 0 Å². The van der Waals surface area contributed by atoms with Gasteiger partial charge in [0.25, 0.3) is 5.69 Å². The number of pyridine rings is 1. The molecule has 0 saturated carbocycles. The average Bonchev–Trinajstić information content (AvgIpc) is 2.67. The first-order valence-electron chi connectivity index (χ1n) is 5.54. The van der Waals surface area contributed by atoms with Crippen molar-refractivity contribution in [3.8, 4) is 0 Å². The van der Waals surface area contributed by atoms with Gasteiger partial charge in [0.05, 0.1) is 4.92 Å². The second-order valence-electron chi connectivity index (χ2n) is 4.05. The van der Waals surface area contributed by atoms with Gasteiger partial charge in [-0.1, -0.05) is 0 Å². The lowest BCUT2D eigenvalue weighted by molar-refractivity contribution is -0.385. The van der Waals surface area contributed by atoms with Crippen LogP contribution in [0.25, 0.3) is 0 Å². The summed E-state index contributed by atoms with van der Waals surface area (Å²) in [4.78, 5) is 24.8. The number of aryl methyl sites for hydroxylation is 1. The van der Waals surface area contributed by atoms with Crippen LogP contribution >= 0.6 is 0 Å². The Hall–Kier alpha value is -2.70. The summed E-state index contributed by atoms with van der Waals surface area (Å²) in [7, 11) is 0. The first-order valence-corrected chi connectivity index (χ1v) is 5.54. The fourth-order valence-corrected chi connectivity index (χ4v) is 1.75. The molecule has 0 aromatic carbocycles. The van der Waals surface area contributed by atoms with Gasteiger partial charge >= 0.3 is 0 Å². The SMILES string of the molecule is Cc1cc(C=O)c(C)n1Nc1ccc([N+](=O)[O-])cn1. The third kappa shape index (κ3) is 2.44. The van der Waals surface area contributed by atoms with E-state index in [1.54, 1.807) is 17.7 Å². The number of aromatic nitrogens is 2. The maximum absolute atomic E-state index is 10.8. The van der Waals surface area contributed by atoms with Crippen LogP contribution in [0, 0.1) is 24.0 Å². The standard InChI is InChI=1S/C12H12N4O3/c1-8-5-10(7-17)9(2)15(8)14-12-4-3-11(6-13-12)16(18)19/h3-7H,1-2H3,(H,13,14). The van der Waals surface area contributed by atoms with Crippen molar-refractivity contribution in [2.45, 2.75) is 13.8 Å². The molecule has 0 fully saturated rings. The average molecular weight is 260 g/mol. The minimum atomic E-state index is -0.507. The van der Waals surface area contributed by atoms with Crippen LogP contribution in [0.5, 0.6) is 0 Å². The van der Waals surface area contributed by atoms with Crippen molar-refractivity contribution in [3.63, 3.8) is 0 Å². The molecule has 0 radical (unpaired) electrons. The van der Waals surface area contributed by atoms with Crippen molar-refractivity contribution in [2.24, 2.45) is 0 Å². The van der Waals surface area contributed by atoms with Gasteiger partial charge in [0.15, 0.2) is 6.29 Å². The van der Waals surface area contributed by atoms with E-state index in [0.29, 0.717) is 11.4 Å². The summed E-state index contributed by atoms with van der Waals surface area (Å²) in [6.45, 7) is 3.65. The van der Waals surface area contributed by atoms with E-state index < -0.39 is 4.92 Å². The zero-order chi connectivity index (χ0) is 14.0. The van der Waals surface area contributed by atoms with Crippen molar-refractivity contribution in [3.05, 3.63) is 51.5 Å². The van der Waals surface area contributed by atoms with Crippen molar-refractivity contribution in [1.29, 1.82) is 0 Å². The smallest absolute Gasteiger partial charge is 0.287 e. The Labute approximate surface area is 109 Å². The molecular formula is C12H12N4O3. The molecule has 1 N–H and O–H groups in total. The number of carbonyl (C=O) groups excluding carboxylic acids is 1. The molecule has 0 spiro atoms. The first kappa shape index (κ1) is 12.7. The van der Waals surface area contributed by atoms with Gasteiger partial charge in [0.1, 0.15) is 12.0 Å². The molecule has 0 atom stereocenters. The number of hydrogen-bond acceptors (Lipinski definition) is 5. The Morgan fingerprint density at radius 1 is 1.42 bits per heavy atom. The number of aldehydes is 1. The summed E-state index contributed by atoms with van der Waals surface area (Å²) in [5, 5.41) is 10.5. The summed E-state index contributed by atoms with van der Waals surface area (Å²) in [5.74, 6) is 0.463. The predicted octanol–water partition coefficient (Wildman–Crippen LogP) is 2.10. The second kappa shape index (κ2) is 4.89. The van der Waals surface area contributed by atoms with Gasteiger partial charge in [0.2, 0.25) is 0 Å². The van der Waals surface area contributed by atoms with Gasteiger partial charge in [-0.3, -0.25) is 25.0 Å². The summed E-state index contributed by atoms with van der Waals surface area (Å²) in [6.07, 6.45) is 1.96. The Morgan fingerprint density at radius 3 is 2.63 bits per heavy atom. The van der Waals surface area contributed by atoms with Crippen LogP contribution in [0.3, 0.4) is 0 Å². The Kier molecular flexibility index (Phi) is 3.28. The van der Waals surface area contributed by atoms with Crippen molar-refractivity contribution in [2.75, 3.05) is 5.43 Å². The van der Waals surface area contributed by atoms with E-state index in [2.05, 4.69) is 10.4 Å². The zero-order valence-electron chi connectivity index (χ0n) is 10.5. The van der Waals surface area contributed by atoms with Crippen molar-refractivity contribution >= 4 is 17.8 Å². The molecule has 0 aliphatic rings. The Balaban J connectivity index is 2.28. The number of hydrogen-bond donors (Lipinski definition) is 1. The number of nitrogens with zero attached hydrogens (tertiary/aromatic N) is 3. The molecule has 7 heteroatoms. The topological polar surface area (TPSA) is 90.1 Å². The Morgan fingerprint density at radius 2 is 2.16 bits per heavy atom. The fourth-order valence-electron chi connectivity index (χ4n) is 1.75. The van der Waals surface area contributed by atoms with Gasteiger partial charge in [-0.2, -0.15) is 0 Å². The molecule has 98 valence electrons. The molecule has 7 nitrogen and oxygen atoms in total. The molecule has 19 heavy (non-hydrogen) atoms. The summed E-state index contributed by atoms with van der Waals surface area (Å²) in [5.41, 5.74) is 5.11. The Bertz CT molecular complexity index is 631. The zero-order valence-corrected chi connectivity index (χ0v) is 10.5. The van der Waals surface area contributed by atoms with Crippen LogP contribution < -0.4 is 5.43 Å². The maximum Gasteiger partial charge on any atom is 0.287 e. The highest BCUT2D eigenvalue weighted by Crippen LogP contribution is 2.16. The predicted molar refractivity (Wildman–Crippen MR) is 69.2 cm³/mol. The van der Waals surface area contributed by atoms with E-state index in [1.165, 1.54) is 18.3 Å². The summed E-state index contributed by atoms with van der Waals surface area (Å²) >= 11 is 0. The molecule has 2 heterocycles.